The molecule has 3 rings (SSSR count). The van der Waals surface area contributed by atoms with Crippen molar-refractivity contribution in [2.75, 3.05) is 33.2 Å². The van der Waals surface area contributed by atoms with Gasteiger partial charge in [-0.2, -0.15) is 0 Å². The van der Waals surface area contributed by atoms with Gasteiger partial charge in [-0.3, -0.25) is 9.69 Å². The number of fused-ring (bicyclic) bond motifs is 2. The summed E-state index contributed by atoms with van der Waals surface area (Å²) in [6.45, 7) is 3.97. The molecule has 4 heteroatoms. The van der Waals surface area contributed by atoms with Crippen LogP contribution in [0.1, 0.15) is 32.1 Å². The maximum atomic E-state index is 12.6. The van der Waals surface area contributed by atoms with E-state index in [1.54, 1.807) is 0 Å². The molecule has 102 valence electrons. The van der Waals surface area contributed by atoms with Crippen LogP contribution in [-0.2, 0) is 4.79 Å². The van der Waals surface area contributed by atoms with E-state index in [9.17, 15) is 4.79 Å². The topological polar surface area (TPSA) is 35.6 Å². The quantitative estimate of drug-likeness (QED) is 0.744. The van der Waals surface area contributed by atoms with Gasteiger partial charge in [0.2, 0.25) is 5.91 Å². The minimum atomic E-state index is 0.285. The van der Waals surface area contributed by atoms with Crippen LogP contribution in [0.4, 0.5) is 0 Å². The number of nitrogens with one attached hydrogen (secondary N) is 1. The summed E-state index contributed by atoms with van der Waals surface area (Å²) in [5, 5.41) is 3.34. The molecular formula is C14H25N3O. The second-order valence-electron chi connectivity index (χ2n) is 6.15. The first kappa shape index (κ1) is 12.4. The van der Waals surface area contributed by atoms with Gasteiger partial charge in [-0.05, 0) is 52.2 Å². The molecule has 0 radical (unpaired) electrons. The summed E-state index contributed by atoms with van der Waals surface area (Å²) < 4.78 is 0. The fourth-order valence-electron chi connectivity index (χ4n) is 3.84. The molecule has 0 aromatic heterocycles. The van der Waals surface area contributed by atoms with Gasteiger partial charge in [0.25, 0.3) is 0 Å². The van der Waals surface area contributed by atoms with Crippen molar-refractivity contribution in [2.45, 2.75) is 44.2 Å². The molecule has 4 nitrogen and oxygen atoms in total. The van der Waals surface area contributed by atoms with E-state index in [4.69, 9.17) is 0 Å². The molecule has 0 aliphatic carbocycles. The SMILES string of the molecule is CN1C2CCC1CN(C(=O)C1CCNCC1)CC2. The molecule has 3 heterocycles. The molecule has 2 unspecified atom stereocenters. The molecule has 3 aliphatic rings. The van der Waals surface area contributed by atoms with E-state index in [0.717, 1.165) is 45.1 Å². The molecule has 0 spiro atoms. The van der Waals surface area contributed by atoms with Gasteiger partial charge < -0.3 is 10.2 Å². The van der Waals surface area contributed by atoms with Crippen LogP contribution in [0, 0.1) is 5.92 Å². The molecule has 1 N–H and O–H groups in total. The Balaban J connectivity index is 1.63. The lowest BCUT2D eigenvalue weighted by Gasteiger charge is -2.31. The van der Waals surface area contributed by atoms with Crippen molar-refractivity contribution in [3.63, 3.8) is 0 Å². The Hall–Kier alpha value is -0.610. The summed E-state index contributed by atoms with van der Waals surface area (Å²) in [7, 11) is 2.24. The molecule has 2 atom stereocenters. The zero-order chi connectivity index (χ0) is 12.5. The summed E-state index contributed by atoms with van der Waals surface area (Å²) in [6, 6.07) is 1.34. The van der Waals surface area contributed by atoms with Crippen LogP contribution in [0.15, 0.2) is 0 Å². The highest BCUT2D eigenvalue weighted by molar-refractivity contribution is 5.79. The third kappa shape index (κ3) is 2.28. The van der Waals surface area contributed by atoms with Crippen LogP contribution < -0.4 is 5.32 Å². The Kier molecular flexibility index (Phi) is 3.57. The fourth-order valence-corrected chi connectivity index (χ4v) is 3.84. The van der Waals surface area contributed by atoms with Gasteiger partial charge in [0.15, 0.2) is 0 Å². The summed E-state index contributed by atoms with van der Waals surface area (Å²) >= 11 is 0. The van der Waals surface area contributed by atoms with Gasteiger partial charge in [-0.15, -0.1) is 0 Å². The van der Waals surface area contributed by atoms with Crippen molar-refractivity contribution in [2.24, 2.45) is 5.92 Å². The van der Waals surface area contributed by atoms with Crippen LogP contribution in [0.25, 0.3) is 0 Å². The first-order valence-corrected chi connectivity index (χ1v) is 7.47. The number of piperidine rings is 1. The van der Waals surface area contributed by atoms with Crippen LogP contribution >= 0.6 is 0 Å². The van der Waals surface area contributed by atoms with E-state index in [1.165, 1.54) is 19.3 Å². The predicted octanol–water partition coefficient (Wildman–Crippen LogP) is 0.681. The van der Waals surface area contributed by atoms with Crippen molar-refractivity contribution < 1.29 is 4.79 Å². The molecule has 18 heavy (non-hydrogen) atoms. The molecule has 3 fully saturated rings. The third-order valence-corrected chi connectivity index (χ3v) is 5.15. The second kappa shape index (κ2) is 5.17. The lowest BCUT2D eigenvalue weighted by atomic mass is 9.96. The van der Waals surface area contributed by atoms with Crippen molar-refractivity contribution in [1.29, 1.82) is 0 Å². The number of carbonyl (C=O) groups is 1. The maximum absolute atomic E-state index is 12.6. The van der Waals surface area contributed by atoms with Gasteiger partial charge in [0.05, 0.1) is 0 Å². The van der Waals surface area contributed by atoms with Crippen LogP contribution in [-0.4, -0.2) is 61.0 Å². The number of hydrogen-bond acceptors (Lipinski definition) is 3. The van der Waals surface area contributed by atoms with E-state index in [0.29, 0.717) is 11.9 Å². The van der Waals surface area contributed by atoms with Crippen molar-refractivity contribution in [3.05, 3.63) is 0 Å². The largest absolute Gasteiger partial charge is 0.341 e. The monoisotopic (exact) mass is 251 g/mol. The average molecular weight is 251 g/mol. The summed E-state index contributed by atoms with van der Waals surface area (Å²) in [4.78, 5) is 17.2. The Bertz CT molecular complexity index is 314. The van der Waals surface area contributed by atoms with Gasteiger partial charge >= 0.3 is 0 Å². The predicted molar refractivity (Wildman–Crippen MR) is 71.4 cm³/mol. The standard InChI is InChI=1S/C14H25N3O/c1-16-12-2-3-13(16)10-17(9-6-12)14(18)11-4-7-15-8-5-11/h11-13,15H,2-10H2,1H3. The zero-order valence-corrected chi connectivity index (χ0v) is 11.4. The molecule has 1 amide bonds. The molecule has 0 aromatic carbocycles. The normalized spacial score (nSPS) is 34.6. The number of likely N-dealkylation sites (tertiary alicyclic amines) is 1. The highest BCUT2D eigenvalue weighted by Crippen LogP contribution is 2.29. The fraction of sp³-hybridized carbons (Fsp3) is 0.929. The minimum absolute atomic E-state index is 0.285. The second-order valence-corrected chi connectivity index (χ2v) is 6.15. The molecule has 3 saturated heterocycles. The smallest absolute Gasteiger partial charge is 0.225 e. The number of amides is 1. The lowest BCUT2D eigenvalue weighted by Crippen LogP contribution is -2.44. The van der Waals surface area contributed by atoms with Gasteiger partial charge in [0, 0.05) is 31.1 Å². The van der Waals surface area contributed by atoms with Gasteiger partial charge in [-0.25, -0.2) is 0 Å². The molecule has 3 aliphatic heterocycles. The Morgan fingerprint density at radius 1 is 1.06 bits per heavy atom. The summed E-state index contributed by atoms with van der Waals surface area (Å²) in [5.74, 6) is 0.714. The third-order valence-electron chi connectivity index (χ3n) is 5.15. The van der Waals surface area contributed by atoms with E-state index in [-0.39, 0.29) is 5.92 Å². The lowest BCUT2D eigenvalue weighted by molar-refractivity contribution is -0.136. The number of likely N-dealkylation sites (N-methyl/N-ethyl adjacent to an activating group) is 1. The average Bonchev–Trinajstić information content (AvgIpc) is 2.64. The molecule has 0 aromatic rings. The number of nitrogens with zero attached hydrogens (tertiary/aromatic N) is 2. The number of rotatable bonds is 1. The molecular weight excluding hydrogens is 226 g/mol. The summed E-state index contributed by atoms with van der Waals surface area (Å²) in [6.07, 6.45) is 5.83. The van der Waals surface area contributed by atoms with Crippen molar-refractivity contribution in [1.82, 2.24) is 15.1 Å². The summed E-state index contributed by atoms with van der Waals surface area (Å²) in [5.41, 5.74) is 0. The zero-order valence-electron chi connectivity index (χ0n) is 11.4. The maximum Gasteiger partial charge on any atom is 0.225 e. The Labute approximate surface area is 110 Å². The van der Waals surface area contributed by atoms with E-state index < -0.39 is 0 Å². The van der Waals surface area contributed by atoms with Crippen LogP contribution in [0.3, 0.4) is 0 Å². The van der Waals surface area contributed by atoms with E-state index in [2.05, 4.69) is 22.2 Å². The van der Waals surface area contributed by atoms with Crippen molar-refractivity contribution >= 4 is 5.91 Å². The molecule has 0 saturated carbocycles. The Morgan fingerprint density at radius 3 is 2.56 bits per heavy atom. The van der Waals surface area contributed by atoms with Gasteiger partial charge in [0.1, 0.15) is 0 Å². The minimum Gasteiger partial charge on any atom is -0.341 e. The first-order chi connectivity index (χ1) is 8.75. The number of hydrogen-bond donors (Lipinski definition) is 1. The van der Waals surface area contributed by atoms with E-state index >= 15 is 0 Å². The van der Waals surface area contributed by atoms with Crippen LogP contribution in [0.5, 0.6) is 0 Å². The highest BCUT2D eigenvalue weighted by atomic mass is 16.2. The van der Waals surface area contributed by atoms with Crippen molar-refractivity contribution in [3.8, 4) is 0 Å². The highest BCUT2D eigenvalue weighted by Gasteiger charge is 2.37. The first-order valence-electron chi connectivity index (χ1n) is 7.47. The molecule has 2 bridgehead atoms. The van der Waals surface area contributed by atoms with E-state index in [1.807, 2.05) is 0 Å². The Morgan fingerprint density at radius 2 is 1.78 bits per heavy atom. The van der Waals surface area contributed by atoms with Crippen LogP contribution in [0.2, 0.25) is 0 Å². The van der Waals surface area contributed by atoms with Gasteiger partial charge in [-0.1, -0.05) is 0 Å². The number of carbonyl (C=O) groups excluding carboxylic acids is 1.